The van der Waals surface area contributed by atoms with Crippen molar-refractivity contribution in [1.29, 1.82) is 0 Å². The highest BCUT2D eigenvalue weighted by molar-refractivity contribution is 5.83. The molecule has 130 valence electrons. The van der Waals surface area contributed by atoms with Crippen LogP contribution in [0, 0.1) is 11.7 Å². The fourth-order valence-corrected chi connectivity index (χ4v) is 4.48. The maximum absolute atomic E-state index is 13.4. The second-order valence-electron chi connectivity index (χ2n) is 7.24. The van der Waals surface area contributed by atoms with Crippen molar-refractivity contribution in [2.45, 2.75) is 44.6 Å². The van der Waals surface area contributed by atoms with Crippen LogP contribution in [0.2, 0.25) is 0 Å². The fraction of sp³-hybridized carbons (Fsp3) is 0.409. The summed E-state index contributed by atoms with van der Waals surface area (Å²) in [5.41, 5.74) is 3.64. The maximum atomic E-state index is 13.4. The van der Waals surface area contributed by atoms with Crippen molar-refractivity contribution in [2.24, 2.45) is 5.92 Å². The predicted molar refractivity (Wildman–Crippen MR) is 98.2 cm³/mol. The number of hydrogen-bond acceptors (Lipinski definition) is 2. The van der Waals surface area contributed by atoms with E-state index in [9.17, 15) is 9.18 Å². The summed E-state index contributed by atoms with van der Waals surface area (Å²) in [7, 11) is 0. The lowest BCUT2D eigenvalue weighted by molar-refractivity contribution is -0.123. The Labute approximate surface area is 148 Å². The fourth-order valence-electron chi connectivity index (χ4n) is 4.48. The summed E-state index contributed by atoms with van der Waals surface area (Å²) in [6.45, 7) is 0.872. The van der Waals surface area contributed by atoms with E-state index in [0.29, 0.717) is 12.2 Å². The Morgan fingerprint density at radius 3 is 2.56 bits per heavy atom. The molecule has 0 N–H and O–H groups in total. The van der Waals surface area contributed by atoms with Crippen LogP contribution in [0.1, 0.15) is 49.3 Å². The van der Waals surface area contributed by atoms with E-state index >= 15 is 0 Å². The number of carbonyl (C=O) groups is 1. The van der Waals surface area contributed by atoms with Gasteiger partial charge in [-0.05, 0) is 54.7 Å². The molecular weight excluding hydrogens is 313 g/mol. The van der Waals surface area contributed by atoms with E-state index in [1.807, 2.05) is 12.1 Å². The molecule has 1 heterocycles. The molecule has 0 amide bonds. The van der Waals surface area contributed by atoms with Crippen molar-refractivity contribution in [3.8, 4) is 0 Å². The standard InChI is InChI=1S/C22H24FNO/c23-17-10-12-18(13-11-17)24-15-14-16-6-4-5-7-19(16)22(24)20-8-2-1-3-9-21(20)25/h4-7,10-13,20,22H,1-3,8-9,14-15H2/t20-,22-/m1/s1. The Balaban J connectivity index is 1.77. The van der Waals surface area contributed by atoms with E-state index in [2.05, 4.69) is 29.2 Å². The summed E-state index contributed by atoms with van der Waals surface area (Å²) < 4.78 is 13.4. The third-order valence-electron chi connectivity index (χ3n) is 5.72. The van der Waals surface area contributed by atoms with E-state index < -0.39 is 0 Å². The molecule has 25 heavy (non-hydrogen) atoms. The first-order valence-electron chi connectivity index (χ1n) is 9.37. The molecular formula is C22H24FNO. The number of anilines is 1. The van der Waals surface area contributed by atoms with Gasteiger partial charge in [-0.15, -0.1) is 0 Å². The molecule has 2 aromatic carbocycles. The first-order valence-corrected chi connectivity index (χ1v) is 9.37. The summed E-state index contributed by atoms with van der Waals surface area (Å²) in [5, 5.41) is 0. The van der Waals surface area contributed by atoms with E-state index in [4.69, 9.17) is 0 Å². The number of hydrogen-bond donors (Lipinski definition) is 0. The highest BCUT2D eigenvalue weighted by atomic mass is 19.1. The number of carbonyl (C=O) groups excluding carboxylic acids is 1. The summed E-state index contributed by atoms with van der Waals surface area (Å²) in [4.78, 5) is 15.2. The smallest absolute Gasteiger partial charge is 0.138 e. The van der Waals surface area contributed by atoms with Gasteiger partial charge in [0.1, 0.15) is 11.6 Å². The zero-order valence-corrected chi connectivity index (χ0v) is 14.5. The highest BCUT2D eigenvalue weighted by Crippen LogP contribution is 2.42. The van der Waals surface area contributed by atoms with E-state index in [-0.39, 0.29) is 17.8 Å². The predicted octanol–water partition coefficient (Wildman–Crippen LogP) is 5.08. The third kappa shape index (κ3) is 3.20. The van der Waals surface area contributed by atoms with Gasteiger partial charge >= 0.3 is 0 Å². The van der Waals surface area contributed by atoms with Gasteiger partial charge in [-0.1, -0.05) is 37.1 Å². The Kier molecular flexibility index (Phi) is 4.56. The van der Waals surface area contributed by atoms with Crippen molar-refractivity contribution < 1.29 is 9.18 Å². The molecule has 0 aromatic heterocycles. The average molecular weight is 337 g/mol. The molecule has 4 rings (SSSR count). The number of ketones is 1. The Bertz CT molecular complexity index is 755. The third-order valence-corrected chi connectivity index (χ3v) is 5.72. The van der Waals surface area contributed by atoms with Crippen LogP contribution in [0.3, 0.4) is 0 Å². The number of rotatable bonds is 2. The second-order valence-corrected chi connectivity index (χ2v) is 7.24. The number of fused-ring (bicyclic) bond motifs is 1. The minimum Gasteiger partial charge on any atom is -0.363 e. The minimum absolute atomic E-state index is 0.0361. The lowest BCUT2D eigenvalue weighted by Gasteiger charge is -2.42. The van der Waals surface area contributed by atoms with Gasteiger partial charge in [0.05, 0.1) is 6.04 Å². The molecule has 1 saturated carbocycles. The van der Waals surface area contributed by atoms with Gasteiger partial charge < -0.3 is 4.90 Å². The molecule has 0 bridgehead atoms. The van der Waals surface area contributed by atoms with Crippen LogP contribution >= 0.6 is 0 Å². The van der Waals surface area contributed by atoms with Gasteiger partial charge in [0.2, 0.25) is 0 Å². The van der Waals surface area contributed by atoms with E-state index in [0.717, 1.165) is 44.3 Å². The lowest BCUT2D eigenvalue weighted by atomic mass is 9.80. The molecule has 0 radical (unpaired) electrons. The molecule has 2 nitrogen and oxygen atoms in total. The quantitative estimate of drug-likeness (QED) is 0.712. The van der Waals surface area contributed by atoms with Gasteiger partial charge in [-0.3, -0.25) is 4.79 Å². The van der Waals surface area contributed by atoms with E-state index in [1.54, 1.807) is 0 Å². The first-order chi connectivity index (χ1) is 12.2. The van der Waals surface area contributed by atoms with Crippen molar-refractivity contribution in [2.75, 3.05) is 11.4 Å². The molecule has 1 fully saturated rings. The SMILES string of the molecule is O=C1CCCCC[C@H]1[C@H]1c2ccccc2CCN1c1ccc(F)cc1. The molecule has 0 saturated heterocycles. The van der Waals surface area contributed by atoms with Crippen molar-refractivity contribution in [3.05, 3.63) is 65.5 Å². The van der Waals surface area contributed by atoms with Gasteiger partial charge in [-0.2, -0.15) is 0 Å². The normalized spacial score (nSPS) is 23.9. The molecule has 2 aromatic rings. The zero-order valence-electron chi connectivity index (χ0n) is 14.5. The van der Waals surface area contributed by atoms with Gasteiger partial charge in [-0.25, -0.2) is 4.39 Å². The lowest BCUT2D eigenvalue weighted by Crippen LogP contribution is -2.41. The van der Waals surface area contributed by atoms with Crippen LogP contribution in [0.5, 0.6) is 0 Å². The topological polar surface area (TPSA) is 20.3 Å². The monoisotopic (exact) mass is 337 g/mol. The highest BCUT2D eigenvalue weighted by Gasteiger charge is 2.37. The van der Waals surface area contributed by atoms with Crippen molar-refractivity contribution in [3.63, 3.8) is 0 Å². The second kappa shape index (κ2) is 6.99. The van der Waals surface area contributed by atoms with Gasteiger partial charge in [0.15, 0.2) is 0 Å². The largest absolute Gasteiger partial charge is 0.363 e. The van der Waals surface area contributed by atoms with Crippen LogP contribution in [0.4, 0.5) is 10.1 Å². The summed E-state index contributed by atoms with van der Waals surface area (Å²) in [6, 6.07) is 15.3. The Morgan fingerprint density at radius 2 is 1.72 bits per heavy atom. The Morgan fingerprint density at radius 1 is 0.920 bits per heavy atom. The average Bonchev–Trinajstić information content (AvgIpc) is 2.86. The van der Waals surface area contributed by atoms with Crippen LogP contribution in [0.25, 0.3) is 0 Å². The molecule has 3 heteroatoms. The van der Waals surface area contributed by atoms with Crippen molar-refractivity contribution >= 4 is 11.5 Å². The first kappa shape index (κ1) is 16.3. The van der Waals surface area contributed by atoms with Crippen LogP contribution in [-0.4, -0.2) is 12.3 Å². The Hall–Kier alpha value is -2.16. The molecule has 0 unspecified atom stereocenters. The van der Waals surface area contributed by atoms with Gasteiger partial charge in [0, 0.05) is 24.6 Å². The maximum Gasteiger partial charge on any atom is 0.138 e. The summed E-state index contributed by atoms with van der Waals surface area (Å²) >= 11 is 0. The number of Topliss-reactive ketones (excluding diaryl/α,β-unsaturated/α-hetero) is 1. The summed E-state index contributed by atoms with van der Waals surface area (Å²) in [5.74, 6) is 0.212. The molecule has 1 aliphatic carbocycles. The van der Waals surface area contributed by atoms with Crippen molar-refractivity contribution in [1.82, 2.24) is 0 Å². The van der Waals surface area contributed by atoms with Crippen LogP contribution in [-0.2, 0) is 11.2 Å². The minimum atomic E-state index is -0.219. The summed E-state index contributed by atoms with van der Waals surface area (Å²) in [6.07, 6.45) is 5.89. The zero-order chi connectivity index (χ0) is 17.2. The molecule has 1 aliphatic heterocycles. The number of halogens is 1. The van der Waals surface area contributed by atoms with E-state index in [1.165, 1.54) is 23.3 Å². The molecule has 0 spiro atoms. The number of benzene rings is 2. The molecule has 2 aliphatic rings. The number of nitrogens with zero attached hydrogens (tertiary/aromatic N) is 1. The van der Waals surface area contributed by atoms with Crippen LogP contribution < -0.4 is 4.90 Å². The van der Waals surface area contributed by atoms with Crippen LogP contribution in [0.15, 0.2) is 48.5 Å². The molecule has 2 atom stereocenters. The van der Waals surface area contributed by atoms with Gasteiger partial charge in [0.25, 0.3) is 0 Å².